The van der Waals surface area contributed by atoms with Crippen molar-refractivity contribution in [1.29, 1.82) is 0 Å². The Morgan fingerprint density at radius 2 is 1.73 bits per heavy atom. The van der Waals surface area contributed by atoms with Crippen molar-refractivity contribution >= 4 is 68.7 Å². The zero-order valence-corrected chi connectivity index (χ0v) is 24.7. The second-order valence-corrected chi connectivity index (χ2v) is 10.4. The van der Waals surface area contributed by atoms with Crippen LogP contribution in [0, 0.1) is 0 Å². The molecule has 208 valence electrons. The third-order valence-electron chi connectivity index (χ3n) is 5.89. The minimum atomic E-state index is -0.836. The average Bonchev–Trinajstić information content (AvgIpc) is 2.93. The smallest absolute Gasteiger partial charge is 0.335 e. The van der Waals surface area contributed by atoms with E-state index in [1.165, 1.54) is 13.2 Å². The minimum absolute atomic E-state index is 0.187. The predicted molar refractivity (Wildman–Crippen MR) is 157 cm³/mol. The van der Waals surface area contributed by atoms with Gasteiger partial charge >= 0.3 is 6.03 Å². The molecule has 0 aliphatic carbocycles. The molecule has 0 atom stereocenters. The largest absolute Gasteiger partial charge is 0.494 e. The SMILES string of the molecule is CCCCOc1ccc(N2C(=O)NC(=O)/C(=C/c3cc(Br)c(OCc4ccc(Cl)c(Cl)c4)c(OC)c3)C2=O)cc1. The summed E-state index contributed by atoms with van der Waals surface area (Å²) in [5.41, 5.74) is 1.34. The van der Waals surface area contributed by atoms with E-state index in [-0.39, 0.29) is 12.2 Å². The van der Waals surface area contributed by atoms with E-state index < -0.39 is 17.8 Å². The van der Waals surface area contributed by atoms with Gasteiger partial charge in [0, 0.05) is 0 Å². The van der Waals surface area contributed by atoms with Crippen molar-refractivity contribution in [2.24, 2.45) is 0 Å². The number of barbiturate groups is 1. The normalized spacial score (nSPS) is 14.4. The Balaban J connectivity index is 1.57. The molecule has 1 saturated heterocycles. The van der Waals surface area contributed by atoms with E-state index >= 15 is 0 Å². The molecule has 4 amide bonds. The van der Waals surface area contributed by atoms with Gasteiger partial charge in [-0.2, -0.15) is 0 Å². The van der Waals surface area contributed by atoms with E-state index in [1.54, 1.807) is 54.6 Å². The van der Waals surface area contributed by atoms with Crippen molar-refractivity contribution in [3.63, 3.8) is 0 Å². The monoisotopic (exact) mass is 646 g/mol. The lowest BCUT2D eigenvalue weighted by atomic mass is 10.1. The molecule has 4 rings (SSSR count). The highest BCUT2D eigenvalue weighted by atomic mass is 79.9. The quantitative estimate of drug-likeness (QED) is 0.142. The molecule has 40 heavy (non-hydrogen) atoms. The van der Waals surface area contributed by atoms with Gasteiger partial charge in [0.2, 0.25) is 0 Å². The van der Waals surface area contributed by atoms with Gasteiger partial charge in [-0.25, -0.2) is 9.69 Å². The molecule has 1 aliphatic heterocycles. The number of carbonyl (C=O) groups is 3. The molecule has 0 radical (unpaired) electrons. The van der Waals surface area contributed by atoms with Crippen LogP contribution in [0.4, 0.5) is 10.5 Å². The Morgan fingerprint density at radius 1 is 0.975 bits per heavy atom. The molecule has 0 saturated carbocycles. The van der Waals surface area contributed by atoms with Gasteiger partial charge in [-0.1, -0.05) is 42.6 Å². The van der Waals surface area contributed by atoms with Crippen LogP contribution in [0.1, 0.15) is 30.9 Å². The molecular weight excluding hydrogens is 623 g/mol. The van der Waals surface area contributed by atoms with Gasteiger partial charge in [0.1, 0.15) is 17.9 Å². The molecule has 3 aromatic rings. The predicted octanol–water partition coefficient (Wildman–Crippen LogP) is 7.19. The highest BCUT2D eigenvalue weighted by Crippen LogP contribution is 2.38. The molecule has 1 N–H and O–H groups in total. The Bertz CT molecular complexity index is 1480. The number of halogens is 3. The topological polar surface area (TPSA) is 94.2 Å². The maximum atomic E-state index is 13.3. The number of ether oxygens (including phenoxy) is 3. The van der Waals surface area contributed by atoms with Gasteiger partial charge < -0.3 is 14.2 Å². The summed E-state index contributed by atoms with van der Waals surface area (Å²) in [7, 11) is 1.47. The van der Waals surface area contributed by atoms with Crippen LogP contribution < -0.4 is 24.4 Å². The number of rotatable bonds is 10. The van der Waals surface area contributed by atoms with Gasteiger partial charge in [0.15, 0.2) is 11.5 Å². The summed E-state index contributed by atoms with van der Waals surface area (Å²) in [5, 5.41) is 3.08. The van der Waals surface area contributed by atoms with Crippen LogP contribution in [-0.4, -0.2) is 31.6 Å². The van der Waals surface area contributed by atoms with Crippen LogP contribution in [0.5, 0.6) is 17.2 Å². The number of urea groups is 1. The third-order valence-corrected chi connectivity index (χ3v) is 7.22. The molecule has 1 aliphatic rings. The number of hydrogen-bond donors (Lipinski definition) is 1. The van der Waals surface area contributed by atoms with Crippen molar-refractivity contribution in [2.45, 2.75) is 26.4 Å². The molecule has 0 bridgehead atoms. The number of methoxy groups -OCH3 is 1. The van der Waals surface area contributed by atoms with Gasteiger partial charge in [0.05, 0.1) is 33.9 Å². The summed E-state index contributed by atoms with van der Waals surface area (Å²) in [6.45, 7) is 2.82. The number of unbranched alkanes of at least 4 members (excludes halogenated alkanes) is 1. The van der Waals surface area contributed by atoms with Crippen molar-refractivity contribution in [3.05, 3.63) is 85.8 Å². The van der Waals surface area contributed by atoms with E-state index in [4.69, 9.17) is 37.4 Å². The minimum Gasteiger partial charge on any atom is -0.494 e. The molecule has 0 unspecified atom stereocenters. The number of anilines is 1. The number of amides is 4. The molecule has 11 heteroatoms. The van der Waals surface area contributed by atoms with Crippen molar-refractivity contribution in [1.82, 2.24) is 5.32 Å². The van der Waals surface area contributed by atoms with Crippen molar-refractivity contribution < 1.29 is 28.6 Å². The molecule has 1 fully saturated rings. The van der Waals surface area contributed by atoms with Gasteiger partial charge in [-0.15, -0.1) is 0 Å². The fourth-order valence-corrected chi connectivity index (χ4v) is 4.73. The van der Waals surface area contributed by atoms with Crippen LogP contribution in [0.15, 0.2) is 64.6 Å². The van der Waals surface area contributed by atoms with E-state index in [0.717, 1.165) is 23.3 Å². The number of carbonyl (C=O) groups excluding carboxylic acids is 3. The first-order chi connectivity index (χ1) is 19.2. The van der Waals surface area contributed by atoms with Crippen LogP contribution in [-0.2, 0) is 16.2 Å². The second-order valence-electron chi connectivity index (χ2n) is 8.73. The summed E-state index contributed by atoms with van der Waals surface area (Å²) in [6, 6.07) is 14.1. The molecule has 8 nitrogen and oxygen atoms in total. The van der Waals surface area contributed by atoms with E-state index in [0.29, 0.717) is 49.6 Å². The number of nitrogens with zero attached hydrogens (tertiary/aromatic N) is 1. The van der Waals surface area contributed by atoms with E-state index in [9.17, 15) is 14.4 Å². The summed E-state index contributed by atoms with van der Waals surface area (Å²) in [5.74, 6) is -0.179. The van der Waals surface area contributed by atoms with Crippen molar-refractivity contribution in [3.8, 4) is 17.2 Å². The first kappa shape index (κ1) is 29.5. The fourth-order valence-electron chi connectivity index (χ4n) is 3.83. The summed E-state index contributed by atoms with van der Waals surface area (Å²) >= 11 is 15.6. The van der Waals surface area contributed by atoms with Crippen LogP contribution in [0.25, 0.3) is 6.08 Å². The summed E-state index contributed by atoms with van der Waals surface area (Å²) in [6.07, 6.45) is 3.30. The molecule has 0 spiro atoms. The number of nitrogens with one attached hydrogen (secondary N) is 1. The lowest BCUT2D eigenvalue weighted by Crippen LogP contribution is -2.54. The Morgan fingerprint density at radius 3 is 2.40 bits per heavy atom. The maximum Gasteiger partial charge on any atom is 0.335 e. The summed E-state index contributed by atoms with van der Waals surface area (Å²) in [4.78, 5) is 39.5. The van der Waals surface area contributed by atoms with E-state index in [1.807, 2.05) is 0 Å². The number of benzene rings is 3. The lowest BCUT2D eigenvalue weighted by Gasteiger charge is -2.26. The fraction of sp³-hybridized carbons (Fsp3) is 0.207. The van der Waals surface area contributed by atoms with Crippen LogP contribution in [0.2, 0.25) is 10.0 Å². The third kappa shape index (κ3) is 6.78. The average molecular weight is 648 g/mol. The molecular formula is C29H25BrCl2N2O6. The standard InChI is InChI=1S/C29H25BrCl2N2O6/c1-3-4-11-39-20-8-6-19(7-9-20)34-28(36)21(27(35)33-29(34)37)12-18-13-22(30)26(25(15-18)38-2)40-16-17-5-10-23(31)24(32)14-17/h5-10,12-15H,3-4,11,16H2,1-2H3,(H,33,35,37)/b21-12-. The second kappa shape index (κ2) is 13.2. The number of imide groups is 2. The van der Waals surface area contributed by atoms with Gasteiger partial charge in [-0.3, -0.25) is 14.9 Å². The number of hydrogen-bond acceptors (Lipinski definition) is 6. The molecule has 0 aromatic heterocycles. The first-order valence-electron chi connectivity index (χ1n) is 12.3. The first-order valence-corrected chi connectivity index (χ1v) is 13.8. The Hall–Kier alpha value is -3.53. The summed E-state index contributed by atoms with van der Waals surface area (Å²) < 4.78 is 17.6. The lowest BCUT2D eigenvalue weighted by molar-refractivity contribution is -0.122. The van der Waals surface area contributed by atoms with Gasteiger partial charge in [0.25, 0.3) is 11.8 Å². The van der Waals surface area contributed by atoms with Crippen LogP contribution in [0.3, 0.4) is 0 Å². The zero-order valence-electron chi connectivity index (χ0n) is 21.6. The molecule has 1 heterocycles. The maximum absolute atomic E-state index is 13.3. The van der Waals surface area contributed by atoms with Crippen LogP contribution >= 0.6 is 39.1 Å². The Labute approximate surface area is 249 Å². The zero-order chi connectivity index (χ0) is 28.8. The highest BCUT2D eigenvalue weighted by Gasteiger charge is 2.37. The van der Waals surface area contributed by atoms with Gasteiger partial charge in [-0.05, 0) is 88.1 Å². The van der Waals surface area contributed by atoms with Crippen molar-refractivity contribution in [2.75, 3.05) is 18.6 Å². The Kier molecular flexibility index (Phi) is 9.73. The highest BCUT2D eigenvalue weighted by molar-refractivity contribution is 9.10. The van der Waals surface area contributed by atoms with E-state index in [2.05, 4.69) is 28.2 Å². The molecule has 3 aromatic carbocycles.